The van der Waals surface area contributed by atoms with E-state index < -0.39 is 5.60 Å². The van der Waals surface area contributed by atoms with Gasteiger partial charge in [-0.25, -0.2) is 9.48 Å². The van der Waals surface area contributed by atoms with Crippen molar-refractivity contribution in [2.75, 3.05) is 24.5 Å². The van der Waals surface area contributed by atoms with Crippen LogP contribution in [0.4, 0.5) is 10.5 Å². The van der Waals surface area contributed by atoms with Crippen LogP contribution in [0.25, 0.3) is 0 Å². The third kappa shape index (κ3) is 3.96. The third-order valence-corrected chi connectivity index (χ3v) is 4.01. The molecular formula is C15H23ClN4O3. The number of halogens is 1. The third-order valence-electron chi connectivity index (χ3n) is 3.66. The standard InChI is InChI=1S/C15H23ClN4O3/c1-10-9-19(11-8-17-18(5)13(21)12(11)16)6-7-20(10)14(22)23-15(2,3)4/h8,10H,6-7,9H2,1-5H3/t10-/m1/s1. The zero-order chi connectivity index (χ0) is 17.4. The van der Waals surface area contributed by atoms with Crippen molar-refractivity contribution in [1.29, 1.82) is 0 Å². The topological polar surface area (TPSA) is 67.7 Å². The van der Waals surface area contributed by atoms with Gasteiger partial charge in [0.15, 0.2) is 0 Å². The molecule has 0 bridgehead atoms. The summed E-state index contributed by atoms with van der Waals surface area (Å²) in [5.41, 5.74) is -0.246. The molecule has 0 spiro atoms. The zero-order valence-corrected chi connectivity index (χ0v) is 14.9. The molecule has 0 unspecified atom stereocenters. The minimum Gasteiger partial charge on any atom is -0.444 e. The molecule has 23 heavy (non-hydrogen) atoms. The lowest BCUT2D eigenvalue weighted by Gasteiger charge is -2.41. The molecule has 128 valence electrons. The van der Waals surface area contributed by atoms with E-state index in [0.29, 0.717) is 25.3 Å². The molecule has 2 rings (SSSR count). The second kappa shape index (κ2) is 6.39. The van der Waals surface area contributed by atoms with Gasteiger partial charge in [0.1, 0.15) is 10.6 Å². The molecule has 1 atom stereocenters. The summed E-state index contributed by atoms with van der Waals surface area (Å²) in [6.45, 7) is 9.11. The maximum Gasteiger partial charge on any atom is 0.410 e. The molecule has 8 heteroatoms. The van der Waals surface area contributed by atoms with E-state index in [1.54, 1.807) is 18.1 Å². The first-order chi connectivity index (χ1) is 10.6. The average Bonchev–Trinajstić information content (AvgIpc) is 2.43. The lowest BCUT2D eigenvalue weighted by Crippen LogP contribution is -2.55. The van der Waals surface area contributed by atoms with Gasteiger partial charge in [0, 0.05) is 32.7 Å². The zero-order valence-electron chi connectivity index (χ0n) is 14.2. The lowest BCUT2D eigenvalue weighted by molar-refractivity contribution is 0.0159. The Balaban J connectivity index is 2.11. The summed E-state index contributed by atoms with van der Waals surface area (Å²) in [5, 5.41) is 4.17. The predicted octanol–water partition coefficient (Wildman–Crippen LogP) is 1.88. The van der Waals surface area contributed by atoms with Gasteiger partial charge in [-0.05, 0) is 27.7 Å². The number of hydrogen-bond donors (Lipinski definition) is 0. The first-order valence-corrected chi connectivity index (χ1v) is 7.94. The fraction of sp³-hybridized carbons (Fsp3) is 0.667. The van der Waals surface area contributed by atoms with Crippen LogP contribution in [0, 0.1) is 0 Å². The summed E-state index contributed by atoms with van der Waals surface area (Å²) in [6, 6.07) is -0.0567. The number of aromatic nitrogens is 2. The predicted molar refractivity (Wildman–Crippen MR) is 89.1 cm³/mol. The maximum absolute atomic E-state index is 12.2. The summed E-state index contributed by atoms with van der Waals surface area (Å²) in [5.74, 6) is 0. The molecule has 1 aromatic heterocycles. The van der Waals surface area contributed by atoms with E-state index in [4.69, 9.17) is 16.3 Å². The summed E-state index contributed by atoms with van der Waals surface area (Å²) in [7, 11) is 1.56. The van der Waals surface area contributed by atoms with Gasteiger partial charge in [0.05, 0.1) is 11.9 Å². The van der Waals surface area contributed by atoms with Crippen LogP contribution < -0.4 is 10.5 Å². The van der Waals surface area contributed by atoms with Crippen molar-refractivity contribution in [3.05, 3.63) is 21.6 Å². The Morgan fingerprint density at radius 1 is 1.39 bits per heavy atom. The van der Waals surface area contributed by atoms with Gasteiger partial charge >= 0.3 is 6.09 Å². The van der Waals surface area contributed by atoms with E-state index in [9.17, 15) is 9.59 Å². The van der Waals surface area contributed by atoms with E-state index in [1.807, 2.05) is 32.6 Å². The van der Waals surface area contributed by atoms with Gasteiger partial charge in [-0.15, -0.1) is 0 Å². The van der Waals surface area contributed by atoms with Crippen molar-refractivity contribution in [3.8, 4) is 0 Å². The number of aryl methyl sites for hydroxylation is 1. The van der Waals surface area contributed by atoms with Crippen LogP contribution in [0.1, 0.15) is 27.7 Å². The highest BCUT2D eigenvalue weighted by Gasteiger charge is 2.31. The number of carbonyl (C=O) groups excluding carboxylic acids is 1. The van der Waals surface area contributed by atoms with Crippen LogP contribution in [0.5, 0.6) is 0 Å². The second-order valence-corrected chi connectivity index (χ2v) is 7.12. The van der Waals surface area contributed by atoms with Crippen LogP contribution in [0.3, 0.4) is 0 Å². The molecule has 1 aromatic rings. The summed E-state index contributed by atoms with van der Waals surface area (Å²) >= 11 is 6.15. The molecule has 1 aliphatic rings. The number of nitrogens with zero attached hydrogens (tertiary/aromatic N) is 4. The molecule has 1 amide bonds. The van der Waals surface area contributed by atoms with E-state index in [1.165, 1.54) is 4.68 Å². The van der Waals surface area contributed by atoms with E-state index in [-0.39, 0.29) is 22.7 Å². The van der Waals surface area contributed by atoms with Gasteiger partial charge in [-0.2, -0.15) is 5.10 Å². The van der Waals surface area contributed by atoms with E-state index in [0.717, 1.165) is 0 Å². The molecule has 0 aliphatic carbocycles. The number of ether oxygens (including phenoxy) is 1. The molecule has 0 aromatic carbocycles. The molecule has 0 saturated carbocycles. The molecular weight excluding hydrogens is 320 g/mol. The minimum atomic E-state index is -0.521. The van der Waals surface area contributed by atoms with Crippen molar-refractivity contribution < 1.29 is 9.53 Å². The normalized spacial score (nSPS) is 19.0. The fourth-order valence-corrected chi connectivity index (χ4v) is 2.78. The number of anilines is 1. The minimum absolute atomic E-state index is 0.0567. The Hall–Kier alpha value is -1.76. The lowest BCUT2D eigenvalue weighted by atomic mass is 10.2. The Bertz CT molecular complexity index is 653. The first-order valence-electron chi connectivity index (χ1n) is 7.56. The van der Waals surface area contributed by atoms with E-state index >= 15 is 0 Å². The smallest absolute Gasteiger partial charge is 0.410 e. The number of piperazine rings is 1. The van der Waals surface area contributed by atoms with Gasteiger partial charge in [0.2, 0.25) is 0 Å². The summed E-state index contributed by atoms with van der Waals surface area (Å²) in [4.78, 5) is 27.8. The Labute approximate surface area is 140 Å². The van der Waals surface area contributed by atoms with Crippen LogP contribution in [0.15, 0.2) is 11.0 Å². The summed E-state index contributed by atoms with van der Waals surface area (Å²) in [6.07, 6.45) is 1.26. The average molecular weight is 343 g/mol. The molecule has 0 radical (unpaired) electrons. The van der Waals surface area contributed by atoms with Gasteiger partial charge in [-0.3, -0.25) is 4.79 Å². The monoisotopic (exact) mass is 342 g/mol. The SMILES string of the molecule is C[C@@H]1CN(c2cnn(C)c(=O)c2Cl)CCN1C(=O)OC(C)(C)C. The van der Waals surface area contributed by atoms with Crippen LogP contribution >= 0.6 is 11.6 Å². The number of amides is 1. The van der Waals surface area contributed by atoms with Crippen molar-refractivity contribution in [2.24, 2.45) is 7.05 Å². The largest absolute Gasteiger partial charge is 0.444 e. The van der Waals surface area contributed by atoms with Crippen LogP contribution in [0.2, 0.25) is 5.02 Å². The number of rotatable bonds is 1. The number of carbonyl (C=O) groups is 1. The van der Waals surface area contributed by atoms with Gasteiger partial charge in [-0.1, -0.05) is 11.6 Å². The van der Waals surface area contributed by atoms with Crippen molar-refractivity contribution >= 4 is 23.4 Å². The first kappa shape index (κ1) is 17.6. The Morgan fingerprint density at radius 2 is 2.04 bits per heavy atom. The van der Waals surface area contributed by atoms with Crippen molar-refractivity contribution in [1.82, 2.24) is 14.7 Å². The van der Waals surface area contributed by atoms with Gasteiger partial charge in [0.25, 0.3) is 5.56 Å². The van der Waals surface area contributed by atoms with Crippen LogP contribution in [-0.2, 0) is 11.8 Å². The van der Waals surface area contributed by atoms with E-state index in [2.05, 4.69) is 5.10 Å². The highest BCUT2D eigenvalue weighted by molar-refractivity contribution is 6.33. The fourth-order valence-electron chi connectivity index (χ4n) is 2.49. The second-order valence-electron chi connectivity index (χ2n) is 6.74. The molecule has 1 aliphatic heterocycles. The van der Waals surface area contributed by atoms with Gasteiger partial charge < -0.3 is 14.5 Å². The maximum atomic E-state index is 12.2. The molecule has 1 fully saturated rings. The Kier molecular flexibility index (Phi) is 4.89. The summed E-state index contributed by atoms with van der Waals surface area (Å²) < 4.78 is 6.62. The molecule has 1 saturated heterocycles. The van der Waals surface area contributed by atoms with Crippen molar-refractivity contribution in [2.45, 2.75) is 39.3 Å². The molecule has 7 nitrogen and oxygen atoms in total. The number of hydrogen-bond acceptors (Lipinski definition) is 5. The quantitative estimate of drug-likeness (QED) is 0.779. The molecule has 0 N–H and O–H groups in total. The van der Waals surface area contributed by atoms with Crippen molar-refractivity contribution in [3.63, 3.8) is 0 Å². The molecule has 2 heterocycles. The highest BCUT2D eigenvalue weighted by Crippen LogP contribution is 2.24. The van der Waals surface area contributed by atoms with Crippen LogP contribution in [-0.4, -0.2) is 52.1 Å². The Morgan fingerprint density at radius 3 is 2.61 bits per heavy atom. The highest BCUT2D eigenvalue weighted by atomic mass is 35.5.